The summed E-state index contributed by atoms with van der Waals surface area (Å²) in [5.74, 6) is -1.26. The molecule has 1 aliphatic carbocycles. The van der Waals surface area contributed by atoms with Crippen molar-refractivity contribution in [3.63, 3.8) is 0 Å². The molecule has 2 aliphatic heterocycles. The summed E-state index contributed by atoms with van der Waals surface area (Å²) in [4.78, 5) is 42.3. The second kappa shape index (κ2) is 7.33. The van der Waals surface area contributed by atoms with E-state index in [-0.39, 0.29) is 17.2 Å². The van der Waals surface area contributed by atoms with Crippen LogP contribution in [0.15, 0.2) is 65.1 Å². The normalized spacial score (nSPS) is 21.8. The fourth-order valence-corrected chi connectivity index (χ4v) is 5.32. The predicted molar refractivity (Wildman–Crippen MR) is 124 cm³/mol. The van der Waals surface area contributed by atoms with Crippen molar-refractivity contribution in [3.05, 3.63) is 81.8 Å². The van der Waals surface area contributed by atoms with Gasteiger partial charge in [0.1, 0.15) is 16.8 Å². The smallest absolute Gasteiger partial charge is 0.339 e. The minimum Gasteiger partial charge on any atom is -0.466 e. The number of esters is 1. The van der Waals surface area contributed by atoms with Gasteiger partial charge in [0.25, 0.3) is 0 Å². The standard InChI is InChI=1S/C26H25N3O4/c1-14-11-12-16(13-15(14)2)29-19-9-6-10-20(30)21(19)26(22(23(29)27)24(31)33-3)17-7-4-5-8-18(17)28-25(26)32/h4-5,7-8,11-13H,6,9-10,27H2,1-3H3,(H,28,32). The molecule has 168 valence electrons. The Hall–Kier alpha value is -3.87. The number of aryl methyl sites for hydroxylation is 2. The molecule has 0 fully saturated rings. The van der Waals surface area contributed by atoms with Gasteiger partial charge in [0.15, 0.2) is 5.78 Å². The molecule has 1 atom stereocenters. The summed E-state index contributed by atoms with van der Waals surface area (Å²) in [5.41, 5.74) is 10.0. The van der Waals surface area contributed by atoms with E-state index in [4.69, 9.17) is 10.5 Å². The largest absolute Gasteiger partial charge is 0.466 e. The minimum atomic E-state index is -1.64. The van der Waals surface area contributed by atoms with Crippen molar-refractivity contribution in [2.45, 2.75) is 38.5 Å². The van der Waals surface area contributed by atoms with Crippen LogP contribution in [0.4, 0.5) is 11.4 Å². The second-order valence-corrected chi connectivity index (χ2v) is 8.70. The zero-order valence-electron chi connectivity index (χ0n) is 18.8. The highest BCUT2D eigenvalue weighted by Gasteiger charge is 2.61. The SMILES string of the molecule is COC(=O)C1=C(N)N(c2ccc(C)c(C)c2)C2=C(C(=O)CCC2)C12C(=O)Nc1ccccc12. The first-order valence-corrected chi connectivity index (χ1v) is 11.0. The molecule has 33 heavy (non-hydrogen) atoms. The number of allylic oxidation sites excluding steroid dienone is 1. The summed E-state index contributed by atoms with van der Waals surface area (Å²) in [5, 5.41) is 2.87. The molecule has 0 radical (unpaired) electrons. The molecule has 7 nitrogen and oxygen atoms in total. The first kappa shape index (κ1) is 21.0. The number of Topliss-reactive ketones (excluding diaryl/α,β-unsaturated/α-hetero) is 1. The molecular formula is C26H25N3O4. The van der Waals surface area contributed by atoms with Crippen molar-refractivity contribution >= 4 is 29.0 Å². The quantitative estimate of drug-likeness (QED) is 0.690. The molecule has 3 aliphatic rings. The number of methoxy groups -OCH3 is 1. The lowest BCUT2D eigenvalue weighted by molar-refractivity contribution is -0.138. The second-order valence-electron chi connectivity index (χ2n) is 8.70. The first-order chi connectivity index (χ1) is 15.8. The fraction of sp³-hybridized carbons (Fsp3) is 0.269. The van der Waals surface area contributed by atoms with Gasteiger partial charge in [0, 0.05) is 34.6 Å². The van der Waals surface area contributed by atoms with Crippen LogP contribution in [-0.4, -0.2) is 24.8 Å². The van der Waals surface area contributed by atoms with Crippen LogP contribution in [0.2, 0.25) is 0 Å². The van der Waals surface area contributed by atoms with Crippen LogP contribution in [0.1, 0.15) is 36.0 Å². The van der Waals surface area contributed by atoms with Crippen molar-refractivity contribution in [1.29, 1.82) is 0 Å². The Bertz CT molecular complexity index is 1310. The lowest BCUT2D eigenvalue weighted by Gasteiger charge is -2.44. The van der Waals surface area contributed by atoms with Crippen LogP contribution in [0.3, 0.4) is 0 Å². The van der Waals surface area contributed by atoms with Crippen LogP contribution in [0.5, 0.6) is 0 Å². The Morgan fingerprint density at radius 1 is 1.09 bits per heavy atom. The monoisotopic (exact) mass is 443 g/mol. The molecule has 1 amide bonds. The molecule has 3 N–H and O–H groups in total. The van der Waals surface area contributed by atoms with Gasteiger partial charge in [-0.3, -0.25) is 14.5 Å². The predicted octanol–water partition coefficient (Wildman–Crippen LogP) is 3.36. The van der Waals surface area contributed by atoms with Crippen LogP contribution in [-0.2, 0) is 24.5 Å². The van der Waals surface area contributed by atoms with Gasteiger partial charge in [-0.15, -0.1) is 0 Å². The van der Waals surface area contributed by atoms with Gasteiger partial charge in [-0.2, -0.15) is 0 Å². The summed E-state index contributed by atoms with van der Waals surface area (Å²) < 4.78 is 5.13. The summed E-state index contributed by atoms with van der Waals surface area (Å²) in [7, 11) is 1.25. The number of hydrogen-bond donors (Lipinski definition) is 2. The number of anilines is 2. The third-order valence-corrected chi connectivity index (χ3v) is 6.96. The minimum absolute atomic E-state index is 0.0281. The molecule has 0 aromatic heterocycles. The van der Waals surface area contributed by atoms with Gasteiger partial charge in [-0.05, 0) is 56.0 Å². The summed E-state index contributed by atoms with van der Waals surface area (Å²) >= 11 is 0. The summed E-state index contributed by atoms with van der Waals surface area (Å²) in [6.07, 6.45) is 1.49. The fourth-order valence-electron chi connectivity index (χ4n) is 5.32. The molecule has 2 heterocycles. The molecule has 5 rings (SSSR count). The highest BCUT2D eigenvalue weighted by molar-refractivity contribution is 6.23. The van der Waals surface area contributed by atoms with Crippen LogP contribution < -0.4 is 16.0 Å². The number of rotatable bonds is 2. The van der Waals surface area contributed by atoms with Crippen molar-refractivity contribution in [1.82, 2.24) is 0 Å². The number of amides is 1. The van der Waals surface area contributed by atoms with Gasteiger partial charge >= 0.3 is 5.97 Å². The molecule has 0 saturated heterocycles. The van der Waals surface area contributed by atoms with E-state index in [9.17, 15) is 14.4 Å². The number of benzene rings is 2. The maximum Gasteiger partial charge on any atom is 0.339 e. The maximum atomic E-state index is 13.7. The molecule has 0 bridgehead atoms. The van der Waals surface area contributed by atoms with Crippen LogP contribution in [0, 0.1) is 13.8 Å². The lowest BCUT2D eigenvalue weighted by Crippen LogP contribution is -2.53. The van der Waals surface area contributed by atoms with E-state index in [0.29, 0.717) is 41.8 Å². The number of fused-ring (bicyclic) bond motifs is 3. The average Bonchev–Trinajstić information content (AvgIpc) is 3.08. The van der Waals surface area contributed by atoms with Gasteiger partial charge < -0.3 is 15.8 Å². The number of para-hydroxylation sites is 1. The Kier molecular flexibility index (Phi) is 4.67. The number of nitrogens with zero attached hydrogens (tertiary/aromatic N) is 1. The van der Waals surface area contributed by atoms with Crippen LogP contribution >= 0.6 is 0 Å². The Morgan fingerprint density at radius 3 is 2.58 bits per heavy atom. The number of carbonyl (C=O) groups excluding carboxylic acids is 3. The number of nitrogens with two attached hydrogens (primary N) is 1. The van der Waals surface area contributed by atoms with E-state index < -0.39 is 17.3 Å². The van der Waals surface area contributed by atoms with E-state index >= 15 is 0 Å². The lowest BCUT2D eigenvalue weighted by atomic mass is 9.63. The summed E-state index contributed by atoms with van der Waals surface area (Å²) in [6.45, 7) is 4.01. The molecule has 1 unspecified atom stereocenters. The number of ether oxygens (including phenoxy) is 1. The zero-order chi connectivity index (χ0) is 23.5. The van der Waals surface area contributed by atoms with E-state index in [1.807, 2.05) is 32.0 Å². The average molecular weight is 444 g/mol. The van der Waals surface area contributed by atoms with Crippen molar-refractivity contribution in [2.24, 2.45) is 5.73 Å². The summed E-state index contributed by atoms with van der Waals surface area (Å²) in [6, 6.07) is 13.0. The molecule has 7 heteroatoms. The zero-order valence-corrected chi connectivity index (χ0v) is 18.8. The molecule has 2 aromatic rings. The molecule has 2 aromatic carbocycles. The van der Waals surface area contributed by atoms with E-state index in [2.05, 4.69) is 5.32 Å². The topological polar surface area (TPSA) is 102 Å². The highest BCUT2D eigenvalue weighted by atomic mass is 16.5. The number of ketones is 1. The third-order valence-electron chi connectivity index (χ3n) is 6.96. The number of carbonyl (C=O) groups is 3. The van der Waals surface area contributed by atoms with E-state index in [1.165, 1.54) is 7.11 Å². The van der Waals surface area contributed by atoms with Crippen molar-refractivity contribution in [3.8, 4) is 0 Å². The van der Waals surface area contributed by atoms with E-state index in [1.54, 1.807) is 29.2 Å². The molecular weight excluding hydrogens is 418 g/mol. The van der Waals surface area contributed by atoms with E-state index in [0.717, 1.165) is 16.8 Å². The number of hydrogen-bond acceptors (Lipinski definition) is 6. The highest BCUT2D eigenvalue weighted by Crippen LogP contribution is 2.55. The Labute approximate surface area is 191 Å². The van der Waals surface area contributed by atoms with Crippen molar-refractivity contribution in [2.75, 3.05) is 17.3 Å². The van der Waals surface area contributed by atoms with Crippen molar-refractivity contribution < 1.29 is 19.1 Å². The Morgan fingerprint density at radius 2 is 1.85 bits per heavy atom. The molecule has 1 spiro atoms. The van der Waals surface area contributed by atoms with Gasteiger partial charge in [-0.25, -0.2) is 4.79 Å². The third kappa shape index (κ3) is 2.71. The maximum absolute atomic E-state index is 13.7. The van der Waals surface area contributed by atoms with Gasteiger partial charge in [0.05, 0.1) is 7.11 Å². The van der Waals surface area contributed by atoms with Gasteiger partial charge in [-0.1, -0.05) is 24.3 Å². The number of nitrogens with one attached hydrogen (secondary N) is 1. The van der Waals surface area contributed by atoms with Crippen LogP contribution in [0.25, 0.3) is 0 Å². The Balaban J connectivity index is 1.90. The molecule has 0 saturated carbocycles. The first-order valence-electron chi connectivity index (χ1n) is 11.0. The van der Waals surface area contributed by atoms with Gasteiger partial charge in [0.2, 0.25) is 5.91 Å².